The van der Waals surface area contributed by atoms with E-state index < -0.39 is 54.6 Å². The van der Waals surface area contributed by atoms with Gasteiger partial charge in [0.05, 0.1) is 8.95 Å². The molecule has 0 atom stereocenters. The lowest BCUT2D eigenvalue weighted by Gasteiger charge is -2.10. The lowest BCUT2D eigenvalue weighted by Crippen LogP contribution is -2.02. The lowest BCUT2D eigenvalue weighted by atomic mass is 10.1. The smallest absolute Gasteiger partial charge is 0.196 e. The van der Waals surface area contributed by atoms with Gasteiger partial charge in [-0.25, -0.2) is 26.3 Å². The van der Waals surface area contributed by atoms with Crippen LogP contribution in [0.5, 0.6) is 0 Å². The number of benzene rings is 2. The van der Waals surface area contributed by atoms with Crippen LogP contribution in [0, 0.1) is 34.9 Å². The number of hydrogen-bond acceptors (Lipinski definition) is 0. The van der Waals surface area contributed by atoms with Crippen LogP contribution in [0.25, 0.3) is 10.8 Å². The quantitative estimate of drug-likeness (QED) is 0.328. The third kappa shape index (κ3) is 1.65. The van der Waals surface area contributed by atoms with Gasteiger partial charge in [0.25, 0.3) is 0 Å². The minimum absolute atomic E-state index is 0.825. The molecule has 0 N–H and O–H groups in total. The molecule has 0 spiro atoms. The van der Waals surface area contributed by atoms with Gasteiger partial charge in [-0.05, 0) is 31.9 Å². The van der Waals surface area contributed by atoms with Crippen molar-refractivity contribution in [2.24, 2.45) is 0 Å². The van der Waals surface area contributed by atoms with E-state index in [9.17, 15) is 26.3 Å². The molecule has 0 saturated heterocycles. The molecule has 0 saturated carbocycles. The summed E-state index contributed by atoms with van der Waals surface area (Å²) < 4.78 is 78.0. The topological polar surface area (TPSA) is 0 Å². The highest BCUT2D eigenvalue weighted by atomic mass is 79.9. The van der Waals surface area contributed by atoms with E-state index in [-0.39, 0.29) is 0 Å². The molecule has 0 fully saturated rings. The maximum absolute atomic E-state index is 13.5. The highest BCUT2D eigenvalue weighted by Crippen LogP contribution is 2.39. The standard InChI is InChI=1S/C10Br2F6/c11-3-1-2(6(14)10(18)7(3)15)4(12)8(16)9(17)5(1)13. The van der Waals surface area contributed by atoms with Crippen LogP contribution in [-0.4, -0.2) is 0 Å². The first-order valence-electron chi connectivity index (χ1n) is 4.26. The minimum atomic E-state index is -1.92. The Balaban J connectivity index is 3.22. The Hall–Kier alpha value is -0.760. The molecule has 0 aliphatic rings. The molecular weight excluding hydrogens is 394 g/mol. The molecule has 0 bridgehead atoms. The fraction of sp³-hybridized carbons (Fsp3) is 0. The van der Waals surface area contributed by atoms with Crippen molar-refractivity contribution >= 4 is 42.6 Å². The summed E-state index contributed by atoms with van der Waals surface area (Å²) in [5.41, 5.74) is 0. The summed E-state index contributed by atoms with van der Waals surface area (Å²) in [5.74, 6) is -10.9. The minimum Gasteiger partial charge on any atom is -0.203 e. The van der Waals surface area contributed by atoms with Crippen molar-refractivity contribution in [2.45, 2.75) is 0 Å². The molecule has 0 nitrogen and oxygen atoms in total. The van der Waals surface area contributed by atoms with Crippen LogP contribution in [0.4, 0.5) is 26.3 Å². The molecule has 96 valence electrons. The van der Waals surface area contributed by atoms with Crippen molar-refractivity contribution in [1.82, 2.24) is 0 Å². The highest BCUT2D eigenvalue weighted by Gasteiger charge is 2.28. The van der Waals surface area contributed by atoms with E-state index in [1.165, 1.54) is 0 Å². The number of fused-ring (bicyclic) bond motifs is 1. The number of rotatable bonds is 0. The van der Waals surface area contributed by atoms with Crippen molar-refractivity contribution in [3.05, 3.63) is 43.8 Å². The average Bonchev–Trinajstić information content (AvgIpc) is 2.35. The largest absolute Gasteiger partial charge is 0.203 e. The van der Waals surface area contributed by atoms with Gasteiger partial charge in [-0.15, -0.1) is 0 Å². The van der Waals surface area contributed by atoms with Crippen molar-refractivity contribution in [3.8, 4) is 0 Å². The van der Waals surface area contributed by atoms with E-state index >= 15 is 0 Å². The maximum Gasteiger partial charge on any atom is 0.196 e. The molecular formula is C10Br2F6. The SMILES string of the molecule is Fc1c(F)c(Br)c2c(F)c(F)c(F)c(Br)c2c1F. The normalized spacial score (nSPS) is 11.3. The van der Waals surface area contributed by atoms with Gasteiger partial charge in [-0.3, -0.25) is 0 Å². The molecule has 0 unspecified atom stereocenters. The summed E-state index contributed by atoms with van der Waals surface area (Å²) in [6.07, 6.45) is 0. The fourth-order valence-corrected chi connectivity index (χ4v) is 2.55. The molecule has 0 heterocycles. The molecule has 2 rings (SSSR count). The second-order valence-corrected chi connectivity index (χ2v) is 4.85. The van der Waals surface area contributed by atoms with E-state index in [1.54, 1.807) is 0 Å². The van der Waals surface area contributed by atoms with Gasteiger partial charge in [0.15, 0.2) is 34.9 Å². The van der Waals surface area contributed by atoms with E-state index in [1.807, 2.05) is 0 Å². The predicted octanol–water partition coefficient (Wildman–Crippen LogP) is 5.20. The van der Waals surface area contributed by atoms with Gasteiger partial charge in [-0.1, -0.05) is 0 Å². The first kappa shape index (κ1) is 13.7. The van der Waals surface area contributed by atoms with Crippen LogP contribution in [0.15, 0.2) is 8.95 Å². The zero-order valence-electron chi connectivity index (χ0n) is 8.02. The van der Waals surface area contributed by atoms with Crippen LogP contribution in [0.2, 0.25) is 0 Å². The molecule has 0 radical (unpaired) electrons. The number of halogens is 8. The maximum atomic E-state index is 13.5. The summed E-state index contributed by atoms with van der Waals surface area (Å²) in [7, 11) is 0. The zero-order valence-corrected chi connectivity index (χ0v) is 11.2. The van der Waals surface area contributed by atoms with E-state index in [2.05, 4.69) is 31.9 Å². The molecule has 0 aromatic heterocycles. The zero-order chi connectivity index (χ0) is 13.8. The Morgan fingerprint density at radius 3 is 1.00 bits per heavy atom. The van der Waals surface area contributed by atoms with Crippen LogP contribution < -0.4 is 0 Å². The van der Waals surface area contributed by atoms with Crippen LogP contribution >= 0.6 is 31.9 Å². The number of hydrogen-bond donors (Lipinski definition) is 0. The van der Waals surface area contributed by atoms with Crippen LogP contribution in [-0.2, 0) is 0 Å². The van der Waals surface area contributed by atoms with Gasteiger partial charge in [-0.2, -0.15) is 0 Å². The molecule has 0 aliphatic heterocycles. The second kappa shape index (κ2) is 4.41. The molecule has 2 aromatic rings. The average molecular weight is 394 g/mol. The molecule has 8 heteroatoms. The first-order chi connectivity index (χ1) is 8.29. The van der Waals surface area contributed by atoms with E-state index in [0.717, 1.165) is 0 Å². The van der Waals surface area contributed by atoms with Crippen molar-refractivity contribution in [2.75, 3.05) is 0 Å². The van der Waals surface area contributed by atoms with Gasteiger partial charge in [0, 0.05) is 10.8 Å². The predicted molar refractivity (Wildman–Crippen MR) is 59.1 cm³/mol. The fourth-order valence-electron chi connectivity index (χ4n) is 1.46. The Kier molecular flexibility index (Phi) is 3.35. The first-order valence-corrected chi connectivity index (χ1v) is 5.85. The summed E-state index contributed by atoms with van der Waals surface area (Å²) >= 11 is 4.96. The van der Waals surface area contributed by atoms with Gasteiger partial charge in [0.1, 0.15) is 0 Å². The van der Waals surface area contributed by atoms with Crippen molar-refractivity contribution in [1.29, 1.82) is 0 Å². The highest BCUT2D eigenvalue weighted by molar-refractivity contribution is 9.11. The van der Waals surface area contributed by atoms with Gasteiger partial charge >= 0.3 is 0 Å². The summed E-state index contributed by atoms with van der Waals surface area (Å²) in [5, 5.41) is -1.84. The Labute approximate surface area is 113 Å². The molecule has 2 aromatic carbocycles. The third-order valence-electron chi connectivity index (χ3n) is 2.28. The Bertz CT molecular complexity index is 569. The lowest BCUT2D eigenvalue weighted by molar-refractivity contribution is 0.437. The van der Waals surface area contributed by atoms with E-state index in [0.29, 0.717) is 0 Å². The van der Waals surface area contributed by atoms with Gasteiger partial charge < -0.3 is 0 Å². The second-order valence-electron chi connectivity index (χ2n) is 3.26. The Morgan fingerprint density at radius 1 is 0.444 bits per heavy atom. The van der Waals surface area contributed by atoms with Crippen LogP contribution in [0.1, 0.15) is 0 Å². The van der Waals surface area contributed by atoms with Crippen molar-refractivity contribution < 1.29 is 26.3 Å². The monoisotopic (exact) mass is 392 g/mol. The Morgan fingerprint density at radius 2 is 0.722 bits per heavy atom. The molecule has 0 aliphatic carbocycles. The van der Waals surface area contributed by atoms with Crippen LogP contribution in [0.3, 0.4) is 0 Å². The van der Waals surface area contributed by atoms with E-state index in [4.69, 9.17) is 0 Å². The molecule has 0 amide bonds. The van der Waals surface area contributed by atoms with Crippen molar-refractivity contribution in [3.63, 3.8) is 0 Å². The molecule has 18 heavy (non-hydrogen) atoms. The third-order valence-corrected chi connectivity index (χ3v) is 3.77. The van der Waals surface area contributed by atoms with Gasteiger partial charge in [0.2, 0.25) is 0 Å². The summed E-state index contributed by atoms with van der Waals surface area (Å²) in [6.45, 7) is 0. The summed E-state index contributed by atoms with van der Waals surface area (Å²) in [6, 6.07) is 0. The summed E-state index contributed by atoms with van der Waals surface area (Å²) in [4.78, 5) is 0.